The molecule has 1 fully saturated rings. The van der Waals surface area contributed by atoms with Gasteiger partial charge in [-0.2, -0.15) is 0 Å². The van der Waals surface area contributed by atoms with Crippen molar-refractivity contribution in [1.82, 2.24) is 10.3 Å². The number of amides is 2. The Morgan fingerprint density at radius 3 is 2.65 bits per heavy atom. The van der Waals surface area contributed by atoms with E-state index in [9.17, 15) is 9.59 Å². The topological polar surface area (TPSA) is 62.3 Å². The summed E-state index contributed by atoms with van der Waals surface area (Å²) in [5.74, 6) is -0.222. The Morgan fingerprint density at radius 2 is 1.94 bits per heavy atom. The number of imide groups is 1. The van der Waals surface area contributed by atoms with Gasteiger partial charge >= 0.3 is 0 Å². The van der Waals surface area contributed by atoms with E-state index in [1.54, 1.807) is 0 Å². The molecule has 3 rings (SSSR count). The lowest BCUT2D eigenvalue weighted by atomic mass is 10.1. The first-order valence-electron chi connectivity index (χ1n) is 5.81. The zero-order valence-corrected chi connectivity index (χ0v) is 10.2. The Morgan fingerprint density at radius 1 is 1.18 bits per heavy atom. The number of anilines is 1. The summed E-state index contributed by atoms with van der Waals surface area (Å²) in [6.07, 6.45) is 2.45. The maximum atomic E-state index is 11.8. The molecule has 1 N–H and O–H groups in total. The Hall–Kier alpha value is -1.27. The van der Waals surface area contributed by atoms with E-state index < -0.39 is 0 Å². The maximum absolute atomic E-state index is 11.8. The molecule has 5 nitrogen and oxygen atoms in total. The van der Waals surface area contributed by atoms with Crippen LogP contribution < -0.4 is 10.2 Å². The van der Waals surface area contributed by atoms with Crippen LogP contribution in [0.15, 0.2) is 0 Å². The number of hydrogen-bond acceptors (Lipinski definition) is 5. The Bertz CT molecular complexity index is 444. The van der Waals surface area contributed by atoms with Crippen LogP contribution in [0, 0.1) is 0 Å². The third-order valence-electron chi connectivity index (χ3n) is 3.06. The smallest absolute Gasteiger partial charge is 0.235 e. The molecule has 0 spiro atoms. The van der Waals surface area contributed by atoms with Crippen molar-refractivity contribution < 1.29 is 9.59 Å². The van der Waals surface area contributed by atoms with Crippen LogP contribution in [0.4, 0.5) is 5.13 Å². The zero-order chi connectivity index (χ0) is 11.8. The van der Waals surface area contributed by atoms with Crippen molar-refractivity contribution in [3.63, 3.8) is 0 Å². The highest BCUT2D eigenvalue weighted by Gasteiger charge is 2.30. The number of piperidine rings is 1. The van der Waals surface area contributed by atoms with Gasteiger partial charge in [-0.15, -0.1) is 0 Å². The van der Waals surface area contributed by atoms with Crippen molar-refractivity contribution in [2.75, 3.05) is 11.4 Å². The number of nitrogens with zero attached hydrogens (tertiary/aromatic N) is 2. The van der Waals surface area contributed by atoms with Gasteiger partial charge in [0.2, 0.25) is 11.8 Å². The summed E-state index contributed by atoms with van der Waals surface area (Å²) in [5, 5.41) is 3.82. The molecule has 6 heteroatoms. The Labute approximate surface area is 103 Å². The van der Waals surface area contributed by atoms with Crippen LogP contribution in [-0.2, 0) is 22.6 Å². The minimum atomic E-state index is -0.111. The molecule has 90 valence electrons. The van der Waals surface area contributed by atoms with Crippen LogP contribution in [0.5, 0.6) is 0 Å². The predicted molar refractivity (Wildman–Crippen MR) is 63.9 cm³/mol. The van der Waals surface area contributed by atoms with Crippen molar-refractivity contribution in [1.29, 1.82) is 0 Å². The zero-order valence-electron chi connectivity index (χ0n) is 9.36. The second-order valence-corrected chi connectivity index (χ2v) is 5.33. The quantitative estimate of drug-likeness (QED) is 0.751. The van der Waals surface area contributed by atoms with E-state index in [2.05, 4.69) is 10.3 Å². The number of carbonyl (C=O) groups is 2. The maximum Gasteiger partial charge on any atom is 0.235 e. The van der Waals surface area contributed by atoms with Crippen LogP contribution in [-0.4, -0.2) is 23.3 Å². The first-order valence-corrected chi connectivity index (χ1v) is 6.62. The molecule has 1 aromatic rings. The van der Waals surface area contributed by atoms with Gasteiger partial charge in [-0.05, 0) is 6.42 Å². The van der Waals surface area contributed by atoms with Crippen molar-refractivity contribution in [2.24, 2.45) is 0 Å². The average Bonchev–Trinajstić information content (AvgIpc) is 2.71. The van der Waals surface area contributed by atoms with Gasteiger partial charge in [-0.1, -0.05) is 11.3 Å². The molecule has 2 amide bonds. The van der Waals surface area contributed by atoms with E-state index in [0.717, 1.165) is 30.1 Å². The molecule has 2 aliphatic rings. The summed E-state index contributed by atoms with van der Waals surface area (Å²) in [4.78, 5) is 30.4. The lowest BCUT2D eigenvalue weighted by Gasteiger charge is -2.21. The summed E-state index contributed by atoms with van der Waals surface area (Å²) in [6.45, 7) is 1.71. The van der Waals surface area contributed by atoms with Gasteiger partial charge < -0.3 is 5.32 Å². The highest BCUT2D eigenvalue weighted by atomic mass is 32.1. The van der Waals surface area contributed by atoms with Gasteiger partial charge in [0.15, 0.2) is 5.13 Å². The lowest BCUT2D eigenvalue weighted by Crippen LogP contribution is -2.40. The standard InChI is InChI=1S/C11H13N3O2S/c15-9-2-1-3-10(16)14(9)11-13-7-4-5-12-6-8(7)17-11/h12H,1-6H2. The highest BCUT2D eigenvalue weighted by molar-refractivity contribution is 7.16. The second kappa shape index (κ2) is 4.19. The van der Waals surface area contributed by atoms with Crippen LogP contribution in [0.2, 0.25) is 0 Å². The van der Waals surface area contributed by atoms with E-state index in [1.165, 1.54) is 16.2 Å². The summed E-state index contributed by atoms with van der Waals surface area (Å²) in [5.41, 5.74) is 1.04. The van der Waals surface area contributed by atoms with Gasteiger partial charge in [0.1, 0.15) is 0 Å². The van der Waals surface area contributed by atoms with Gasteiger partial charge in [-0.25, -0.2) is 9.88 Å². The molecule has 2 aliphatic heterocycles. The van der Waals surface area contributed by atoms with Crippen LogP contribution >= 0.6 is 11.3 Å². The Balaban J connectivity index is 1.94. The number of hydrogen-bond donors (Lipinski definition) is 1. The molecule has 1 saturated heterocycles. The molecule has 0 atom stereocenters. The molecule has 0 aromatic carbocycles. The minimum Gasteiger partial charge on any atom is -0.311 e. The van der Waals surface area contributed by atoms with E-state index in [4.69, 9.17) is 0 Å². The normalized spacial score (nSPS) is 20.6. The molecule has 0 aliphatic carbocycles. The monoisotopic (exact) mass is 251 g/mol. The number of carbonyl (C=O) groups excluding carboxylic acids is 2. The minimum absolute atomic E-state index is 0.111. The summed E-state index contributed by atoms with van der Waals surface area (Å²) >= 11 is 1.46. The molecular weight excluding hydrogens is 238 g/mol. The summed E-state index contributed by atoms with van der Waals surface area (Å²) < 4.78 is 0. The molecule has 0 unspecified atom stereocenters. The van der Waals surface area contributed by atoms with E-state index >= 15 is 0 Å². The third-order valence-corrected chi connectivity index (χ3v) is 4.15. The van der Waals surface area contributed by atoms with Gasteiger partial charge in [0, 0.05) is 37.2 Å². The lowest BCUT2D eigenvalue weighted by molar-refractivity contribution is -0.129. The fourth-order valence-corrected chi connectivity index (χ4v) is 3.29. The van der Waals surface area contributed by atoms with Crippen LogP contribution in [0.3, 0.4) is 0 Å². The van der Waals surface area contributed by atoms with Crippen molar-refractivity contribution in [3.05, 3.63) is 10.6 Å². The van der Waals surface area contributed by atoms with Crippen molar-refractivity contribution >= 4 is 28.3 Å². The summed E-state index contributed by atoms with van der Waals surface area (Å²) in [7, 11) is 0. The van der Waals surface area contributed by atoms with Crippen molar-refractivity contribution in [2.45, 2.75) is 32.2 Å². The van der Waals surface area contributed by atoms with E-state index in [0.29, 0.717) is 24.4 Å². The van der Waals surface area contributed by atoms with Gasteiger partial charge in [-0.3, -0.25) is 9.59 Å². The fraction of sp³-hybridized carbons (Fsp3) is 0.545. The van der Waals surface area contributed by atoms with Crippen LogP contribution in [0.25, 0.3) is 0 Å². The van der Waals surface area contributed by atoms with E-state index in [1.807, 2.05) is 0 Å². The molecule has 1 aromatic heterocycles. The third kappa shape index (κ3) is 1.87. The number of rotatable bonds is 1. The average molecular weight is 251 g/mol. The molecular formula is C11H13N3O2S. The first-order chi connectivity index (χ1) is 8.25. The number of aromatic nitrogens is 1. The molecule has 0 radical (unpaired) electrons. The van der Waals surface area contributed by atoms with Crippen molar-refractivity contribution in [3.8, 4) is 0 Å². The molecule has 0 bridgehead atoms. The summed E-state index contributed by atoms with van der Waals surface area (Å²) in [6, 6.07) is 0. The van der Waals surface area contributed by atoms with Gasteiger partial charge in [0.25, 0.3) is 0 Å². The second-order valence-electron chi connectivity index (χ2n) is 4.27. The fourth-order valence-electron chi connectivity index (χ4n) is 2.17. The molecule has 3 heterocycles. The van der Waals surface area contributed by atoms with Crippen LogP contribution in [0.1, 0.15) is 29.8 Å². The number of fused-ring (bicyclic) bond motifs is 1. The van der Waals surface area contributed by atoms with E-state index in [-0.39, 0.29) is 11.8 Å². The molecule has 0 saturated carbocycles. The largest absolute Gasteiger partial charge is 0.311 e. The predicted octanol–water partition coefficient (Wildman–Crippen LogP) is 0.832. The highest BCUT2D eigenvalue weighted by Crippen LogP contribution is 2.30. The Kier molecular flexibility index (Phi) is 2.68. The van der Waals surface area contributed by atoms with Gasteiger partial charge in [0.05, 0.1) is 5.69 Å². The molecule has 17 heavy (non-hydrogen) atoms. The number of thiazole rings is 1. The first kappa shape index (κ1) is 10.9. The SMILES string of the molecule is O=C1CCCC(=O)N1c1nc2c(s1)CNCC2. The number of nitrogens with one attached hydrogen (secondary N) is 1.